The van der Waals surface area contributed by atoms with Crippen LogP contribution in [-0.4, -0.2) is 55.3 Å². The molecule has 150 valence electrons. The second-order valence-corrected chi connectivity index (χ2v) is 8.08. The van der Waals surface area contributed by atoms with Gasteiger partial charge in [0.05, 0.1) is 12.7 Å². The number of likely N-dealkylation sites (tertiary alicyclic amines) is 1. The number of piperidine rings is 1. The third kappa shape index (κ3) is 7.59. The van der Waals surface area contributed by atoms with Crippen LogP contribution in [0.3, 0.4) is 0 Å². The van der Waals surface area contributed by atoms with Crippen LogP contribution in [0.2, 0.25) is 0 Å². The van der Waals surface area contributed by atoms with Gasteiger partial charge < -0.3 is 19.7 Å². The number of benzene rings is 1. The summed E-state index contributed by atoms with van der Waals surface area (Å²) in [6.45, 7) is 8.53. The van der Waals surface area contributed by atoms with Crippen molar-refractivity contribution in [2.24, 2.45) is 0 Å². The normalized spacial score (nSPS) is 18.0. The molecular weight excluding hydrogens is 344 g/mol. The van der Waals surface area contributed by atoms with Gasteiger partial charge in [0.25, 0.3) is 0 Å². The first kappa shape index (κ1) is 21.2. The summed E-state index contributed by atoms with van der Waals surface area (Å²) < 4.78 is 10.1. The van der Waals surface area contributed by atoms with Crippen LogP contribution in [0.15, 0.2) is 24.3 Å². The number of hydrogen-bond donors (Lipinski definition) is 1. The lowest BCUT2D eigenvalue weighted by Crippen LogP contribution is -2.49. The first-order chi connectivity index (χ1) is 12.8. The summed E-state index contributed by atoms with van der Waals surface area (Å²) in [7, 11) is 1.39. The molecule has 6 nitrogen and oxygen atoms in total. The number of aryl methyl sites for hydroxylation is 1. The lowest BCUT2D eigenvalue weighted by molar-refractivity contribution is 0.0471. The van der Waals surface area contributed by atoms with Crippen molar-refractivity contribution in [2.75, 3.05) is 26.7 Å². The number of carbonyl (C=O) groups is 2. The minimum atomic E-state index is -0.470. The van der Waals surface area contributed by atoms with E-state index in [9.17, 15) is 9.59 Å². The Hall–Kier alpha value is -2.08. The van der Waals surface area contributed by atoms with E-state index in [4.69, 9.17) is 9.47 Å². The molecule has 1 N–H and O–H groups in total. The van der Waals surface area contributed by atoms with Gasteiger partial charge in [0.2, 0.25) is 0 Å². The number of alkyl carbamates (subject to hydrolysis) is 1. The Bertz CT molecular complexity index is 622. The Kier molecular flexibility index (Phi) is 7.66. The number of rotatable bonds is 6. The molecule has 2 rings (SSSR count). The summed E-state index contributed by atoms with van der Waals surface area (Å²) >= 11 is 0. The lowest BCUT2D eigenvalue weighted by Gasteiger charge is -2.33. The standard InChI is InChI=1S/C21H32N2O4/c1-21(2,3)27-20(25)22-18-8-6-14-23(15-18)13-5-7-16-9-11-17(12-10-16)19(24)26-4/h9-12,18H,5-8,13-15H2,1-4H3,(H,22,25). The highest BCUT2D eigenvalue weighted by Crippen LogP contribution is 2.14. The average Bonchev–Trinajstić information content (AvgIpc) is 2.60. The molecular formula is C21H32N2O4. The van der Waals surface area contributed by atoms with Gasteiger partial charge in [-0.1, -0.05) is 12.1 Å². The van der Waals surface area contributed by atoms with E-state index in [1.165, 1.54) is 12.7 Å². The van der Waals surface area contributed by atoms with E-state index in [-0.39, 0.29) is 18.1 Å². The van der Waals surface area contributed by atoms with Crippen LogP contribution in [0.1, 0.15) is 56.0 Å². The summed E-state index contributed by atoms with van der Waals surface area (Å²) in [4.78, 5) is 25.8. The van der Waals surface area contributed by atoms with E-state index in [1.54, 1.807) is 0 Å². The molecule has 0 radical (unpaired) electrons. The van der Waals surface area contributed by atoms with Gasteiger partial charge in [0.1, 0.15) is 5.60 Å². The third-order valence-corrected chi connectivity index (χ3v) is 4.54. The highest BCUT2D eigenvalue weighted by Gasteiger charge is 2.23. The zero-order chi connectivity index (χ0) is 19.9. The predicted octanol–water partition coefficient (Wildman–Crippen LogP) is 3.39. The number of hydrogen-bond acceptors (Lipinski definition) is 5. The van der Waals surface area contributed by atoms with Crippen molar-refractivity contribution in [3.8, 4) is 0 Å². The molecule has 1 aliphatic heterocycles. The summed E-state index contributed by atoms with van der Waals surface area (Å²) in [5.74, 6) is -0.307. The maximum absolute atomic E-state index is 11.9. The van der Waals surface area contributed by atoms with Gasteiger partial charge in [0, 0.05) is 12.6 Å². The van der Waals surface area contributed by atoms with Gasteiger partial charge in [-0.05, 0) is 77.2 Å². The summed E-state index contributed by atoms with van der Waals surface area (Å²) in [6, 6.07) is 7.73. The molecule has 1 unspecified atom stereocenters. The first-order valence-electron chi connectivity index (χ1n) is 9.66. The van der Waals surface area contributed by atoms with E-state index < -0.39 is 5.60 Å². The Morgan fingerprint density at radius 1 is 1.22 bits per heavy atom. The number of esters is 1. The molecule has 1 heterocycles. The first-order valence-corrected chi connectivity index (χ1v) is 9.66. The third-order valence-electron chi connectivity index (χ3n) is 4.54. The zero-order valence-corrected chi connectivity index (χ0v) is 16.9. The summed E-state index contributed by atoms with van der Waals surface area (Å²) in [6.07, 6.45) is 3.73. The number of methoxy groups -OCH3 is 1. The average molecular weight is 376 g/mol. The van der Waals surface area contributed by atoms with Crippen LogP contribution in [0.5, 0.6) is 0 Å². The molecule has 1 atom stereocenters. The van der Waals surface area contributed by atoms with Crippen molar-refractivity contribution in [2.45, 2.75) is 58.1 Å². The smallest absolute Gasteiger partial charge is 0.407 e. The quantitative estimate of drug-likeness (QED) is 0.771. The van der Waals surface area contributed by atoms with E-state index in [0.29, 0.717) is 5.56 Å². The number of nitrogens with one attached hydrogen (secondary N) is 1. The molecule has 1 aliphatic rings. The number of nitrogens with zero attached hydrogens (tertiary/aromatic N) is 1. The summed E-state index contributed by atoms with van der Waals surface area (Å²) in [5, 5.41) is 2.99. The Morgan fingerprint density at radius 3 is 2.56 bits per heavy atom. The van der Waals surface area contributed by atoms with Crippen LogP contribution >= 0.6 is 0 Å². The molecule has 0 saturated carbocycles. The predicted molar refractivity (Wildman–Crippen MR) is 105 cm³/mol. The maximum Gasteiger partial charge on any atom is 0.407 e. The van der Waals surface area contributed by atoms with Crippen molar-refractivity contribution in [1.82, 2.24) is 10.2 Å². The van der Waals surface area contributed by atoms with Gasteiger partial charge in [-0.2, -0.15) is 0 Å². The molecule has 1 saturated heterocycles. The molecule has 0 aromatic heterocycles. The van der Waals surface area contributed by atoms with Crippen molar-refractivity contribution in [3.63, 3.8) is 0 Å². The van der Waals surface area contributed by atoms with Gasteiger partial charge in [0.15, 0.2) is 0 Å². The van der Waals surface area contributed by atoms with Crippen molar-refractivity contribution in [1.29, 1.82) is 0 Å². The van der Waals surface area contributed by atoms with E-state index in [1.807, 2.05) is 45.0 Å². The highest BCUT2D eigenvalue weighted by atomic mass is 16.6. The second kappa shape index (κ2) is 9.74. The van der Waals surface area contributed by atoms with E-state index in [0.717, 1.165) is 45.3 Å². The number of amides is 1. The van der Waals surface area contributed by atoms with Crippen molar-refractivity contribution < 1.29 is 19.1 Å². The molecule has 0 aliphatic carbocycles. The van der Waals surface area contributed by atoms with Crippen molar-refractivity contribution >= 4 is 12.1 Å². The summed E-state index contributed by atoms with van der Waals surface area (Å²) in [5.41, 5.74) is 1.32. The molecule has 1 fully saturated rings. The van der Waals surface area contributed by atoms with Gasteiger partial charge >= 0.3 is 12.1 Å². The highest BCUT2D eigenvalue weighted by molar-refractivity contribution is 5.89. The lowest BCUT2D eigenvalue weighted by atomic mass is 10.0. The molecule has 1 aromatic carbocycles. The molecule has 0 spiro atoms. The minimum absolute atomic E-state index is 0.146. The van der Waals surface area contributed by atoms with Crippen LogP contribution in [0.25, 0.3) is 0 Å². The zero-order valence-electron chi connectivity index (χ0n) is 16.9. The van der Waals surface area contributed by atoms with Gasteiger partial charge in [-0.3, -0.25) is 0 Å². The fraction of sp³-hybridized carbons (Fsp3) is 0.619. The van der Waals surface area contributed by atoms with Crippen LogP contribution in [-0.2, 0) is 15.9 Å². The van der Waals surface area contributed by atoms with Crippen LogP contribution < -0.4 is 5.32 Å². The molecule has 1 aromatic rings. The van der Waals surface area contributed by atoms with E-state index >= 15 is 0 Å². The van der Waals surface area contributed by atoms with Crippen LogP contribution in [0, 0.1) is 0 Å². The molecule has 1 amide bonds. The molecule has 27 heavy (non-hydrogen) atoms. The Morgan fingerprint density at radius 2 is 1.93 bits per heavy atom. The Labute approximate surface area is 162 Å². The van der Waals surface area contributed by atoms with Gasteiger partial charge in [-0.15, -0.1) is 0 Å². The minimum Gasteiger partial charge on any atom is -0.465 e. The van der Waals surface area contributed by atoms with Crippen LogP contribution in [0.4, 0.5) is 4.79 Å². The fourth-order valence-electron chi connectivity index (χ4n) is 3.28. The monoisotopic (exact) mass is 376 g/mol. The Balaban J connectivity index is 1.72. The SMILES string of the molecule is COC(=O)c1ccc(CCCN2CCCC(NC(=O)OC(C)(C)C)C2)cc1. The fourth-order valence-corrected chi connectivity index (χ4v) is 3.28. The molecule has 0 bridgehead atoms. The van der Waals surface area contributed by atoms with Gasteiger partial charge in [-0.25, -0.2) is 9.59 Å². The maximum atomic E-state index is 11.9. The van der Waals surface area contributed by atoms with Crippen molar-refractivity contribution in [3.05, 3.63) is 35.4 Å². The molecule has 6 heteroatoms. The topological polar surface area (TPSA) is 67.9 Å². The van der Waals surface area contributed by atoms with E-state index in [2.05, 4.69) is 10.2 Å². The number of ether oxygens (including phenoxy) is 2. The largest absolute Gasteiger partial charge is 0.465 e. The number of carbonyl (C=O) groups excluding carboxylic acids is 2. The second-order valence-electron chi connectivity index (χ2n) is 8.08.